The van der Waals surface area contributed by atoms with E-state index in [4.69, 9.17) is 5.73 Å². The van der Waals surface area contributed by atoms with Gasteiger partial charge >= 0.3 is 6.18 Å². The van der Waals surface area contributed by atoms with Crippen molar-refractivity contribution >= 4 is 22.9 Å². The summed E-state index contributed by atoms with van der Waals surface area (Å²) in [6.07, 6.45) is 1.98. The number of amides is 1. The molecule has 0 aliphatic rings. The van der Waals surface area contributed by atoms with Gasteiger partial charge in [0.1, 0.15) is 5.69 Å². The van der Waals surface area contributed by atoms with Crippen molar-refractivity contribution in [1.82, 2.24) is 24.4 Å². The van der Waals surface area contributed by atoms with E-state index in [2.05, 4.69) is 32.3 Å². The molecular weight excluding hydrogens is 495 g/mol. The van der Waals surface area contributed by atoms with Crippen LogP contribution in [0.5, 0.6) is 0 Å². The van der Waals surface area contributed by atoms with E-state index in [1.807, 2.05) is 13.2 Å². The minimum absolute atomic E-state index is 0.181. The second-order valence-corrected chi connectivity index (χ2v) is 8.52. The number of benzene rings is 2. The van der Waals surface area contributed by atoms with E-state index in [1.54, 1.807) is 46.8 Å². The highest BCUT2D eigenvalue weighted by atomic mass is 19.4. The molecule has 0 atom stereocenters. The number of carbonyl (C=O) groups is 1. The number of fused-ring (bicyclic) bond motifs is 1. The number of primary amides is 1. The molecule has 2 aromatic carbocycles. The van der Waals surface area contributed by atoms with Gasteiger partial charge in [-0.15, -0.1) is 0 Å². The molecule has 0 spiro atoms. The van der Waals surface area contributed by atoms with Crippen LogP contribution in [0.15, 0.2) is 67.3 Å². The fraction of sp³-hybridized carbons (Fsp3) is 0.111. The number of imidazole rings is 1. The van der Waals surface area contributed by atoms with Crippen LogP contribution < -0.4 is 11.1 Å². The van der Waals surface area contributed by atoms with Gasteiger partial charge in [-0.2, -0.15) is 23.4 Å². The van der Waals surface area contributed by atoms with Crippen LogP contribution in [0, 0.1) is 18.8 Å². The molecule has 0 fully saturated rings. The fourth-order valence-corrected chi connectivity index (χ4v) is 4.07. The summed E-state index contributed by atoms with van der Waals surface area (Å²) in [5, 5.41) is 11.7. The van der Waals surface area contributed by atoms with Crippen LogP contribution in [-0.4, -0.2) is 30.3 Å². The average molecular weight is 515 g/mol. The van der Waals surface area contributed by atoms with Gasteiger partial charge in [0.2, 0.25) is 5.91 Å². The SMILES string of the molecule is Cc1ccc(-c2c(C(N)=O)cccc2C(F)(F)F)cc1C#Cc1cnc2c(Nc3cnn(C)c3)ccnn12. The van der Waals surface area contributed by atoms with Crippen molar-refractivity contribution < 1.29 is 18.0 Å². The fourth-order valence-electron chi connectivity index (χ4n) is 4.07. The predicted molar refractivity (Wildman–Crippen MR) is 136 cm³/mol. The average Bonchev–Trinajstić information content (AvgIpc) is 3.48. The molecule has 0 saturated heterocycles. The molecule has 0 unspecified atom stereocenters. The van der Waals surface area contributed by atoms with Crippen LogP contribution >= 0.6 is 0 Å². The van der Waals surface area contributed by atoms with E-state index in [-0.39, 0.29) is 16.7 Å². The van der Waals surface area contributed by atoms with Crippen molar-refractivity contribution in [3.8, 4) is 23.0 Å². The maximum atomic E-state index is 13.8. The molecule has 190 valence electrons. The highest BCUT2D eigenvalue weighted by Gasteiger charge is 2.35. The third kappa shape index (κ3) is 4.67. The van der Waals surface area contributed by atoms with Crippen molar-refractivity contribution in [2.75, 3.05) is 5.32 Å². The number of aromatic nitrogens is 5. The van der Waals surface area contributed by atoms with Crippen molar-refractivity contribution in [3.05, 3.63) is 95.2 Å². The zero-order valence-corrected chi connectivity index (χ0v) is 20.2. The zero-order valence-electron chi connectivity index (χ0n) is 20.2. The molecule has 0 bridgehead atoms. The van der Waals surface area contributed by atoms with Gasteiger partial charge in [0.25, 0.3) is 0 Å². The summed E-state index contributed by atoms with van der Waals surface area (Å²) in [6.45, 7) is 1.79. The van der Waals surface area contributed by atoms with Crippen LogP contribution in [-0.2, 0) is 13.2 Å². The Morgan fingerprint density at radius 2 is 1.89 bits per heavy atom. The number of hydrogen-bond acceptors (Lipinski definition) is 5. The van der Waals surface area contributed by atoms with Crippen LogP contribution in [0.2, 0.25) is 0 Å². The Kier molecular flexibility index (Phi) is 6.08. The van der Waals surface area contributed by atoms with E-state index in [0.717, 1.165) is 23.4 Å². The molecule has 5 rings (SSSR count). The number of nitrogens with one attached hydrogen (secondary N) is 1. The Morgan fingerprint density at radius 3 is 2.61 bits per heavy atom. The van der Waals surface area contributed by atoms with Crippen LogP contribution in [0.25, 0.3) is 16.8 Å². The number of halogens is 3. The zero-order chi connectivity index (χ0) is 27.0. The number of alkyl halides is 3. The number of hydrogen-bond donors (Lipinski definition) is 2. The molecule has 8 nitrogen and oxygen atoms in total. The second kappa shape index (κ2) is 9.40. The molecule has 5 aromatic rings. The summed E-state index contributed by atoms with van der Waals surface area (Å²) >= 11 is 0. The maximum absolute atomic E-state index is 13.8. The number of anilines is 2. The molecule has 0 aliphatic carbocycles. The lowest BCUT2D eigenvalue weighted by Gasteiger charge is -2.16. The van der Waals surface area contributed by atoms with Gasteiger partial charge in [-0.1, -0.05) is 24.1 Å². The number of nitrogens with two attached hydrogens (primary N) is 1. The van der Waals surface area contributed by atoms with Crippen molar-refractivity contribution in [3.63, 3.8) is 0 Å². The van der Waals surface area contributed by atoms with Crippen LogP contribution in [0.3, 0.4) is 0 Å². The van der Waals surface area contributed by atoms with Crippen molar-refractivity contribution in [2.24, 2.45) is 12.8 Å². The van der Waals surface area contributed by atoms with Crippen LogP contribution in [0.1, 0.15) is 32.7 Å². The number of nitrogens with zero attached hydrogens (tertiary/aromatic N) is 5. The van der Waals surface area contributed by atoms with E-state index in [1.165, 1.54) is 18.2 Å². The van der Waals surface area contributed by atoms with E-state index in [9.17, 15) is 18.0 Å². The quantitative estimate of drug-likeness (QED) is 0.338. The van der Waals surface area contributed by atoms with Crippen molar-refractivity contribution in [2.45, 2.75) is 13.1 Å². The minimum Gasteiger partial charge on any atom is -0.366 e. The minimum atomic E-state index is -4.68. The molecule has 11 heteroatoms. The third-order valence-electron chi connectivity index (χ3n) is 5.87. The molecule has 38 heavy (non-hydrogen) atoms. The first kappa shape index (κ1) is 24.6. The number of carbonyl (C=O) groups excluding carboxylic acids is 1. The Bertz CT molecular complexity index is 1760. The lowest BCUT2D eigenvalue weighted by Crippen LogP contribution is -2.16. The molecule has 3 N–H and O–H groups in total. The first-order valence-electron chi connectivity index (χ1n) is 11.3. The molecule has 3 heterocycles. The first-order valence-corrected chi connectivity index (χ1v) is 11.3. The van der Waals surface area contributed by atoms with Gasteiger partial charge in [0.15, 0.2) is 5.65 Å². The summed E-state index contributed by atoms with van der Waals surface area (Å²) in [5.74, 6) is 5.07. The monoisotopic (exact) mass is 515 g/mol. The van der Waals surface area contributed by atoms with Gasteiger partial charge in [0, 0.05) is 29.9 Å². The normalized spacial score (nSPS) is 11.3. The summed E-state index contributed by atoms with van der Waals surface area (Å²) in [5.41, 5.74) is 7.86. The number of rotatable bonds is 4. The van der Waals surface area contributed by atoms with E-state index < -0.39 is 17.6 Å². The Morgan fingerprint density at radius 1 is 1.08 bits per heavy atom. The first-order chi connectivity index (χ1) is 18.1. The second-order valence-electron chi connectivity index (χ2n) is 8.52. The number of aryl methyl sites for hydroxylation is 2. The van der Waals surface area contributed by atoms with E-state index >= 15 is 0 Å². The smallest absolute Gasteiger partial charge is 0.366 e. The third-order valence-corrected chi connectivity index (χ3v) is 5.87. The topological polar surface area (TPSA) is 103 Å². The highest BCUT2D eigenvalue weighted by Crippen LogP contribution is 2.39. The van der Waals surface area contributed by atoms with Gasteiger partial charge < -0.3 is 11.1 Å². The summed E-state index contributed by atoms with van der Waals surface area (Å²) in [7, 11) is 1.81. The molecule has 0 aliphatic heterocycles. The Labute approximate surface area is 214 Å². The molecular formula is C27H20F3N7O. The Hall–Kier alpha value is -5.11. The molecule has 0 saturated carbocycles. The highest BCUT2D eigenvalue weighted by molar-refractivity contribution is 6.01. The predicted octanol–water partition coefficient (Wildman–Crippen LogP) is 4.70. The summed E-state index contributed by atoms with van der Waals surface area (Å²) < 4.78 is 44.6. The standard InChI is InChI=1S/C27H20F3N7O/c1-16-6-7-18(24-21(25(31)38)4-3-5-22(24)27(28,29)30)12-17(16)8-9-20-14-32-26-23(10-11-33-37(20)26)35-19-13-34-36(2)15-19/h3-7,10-15,35H,1-2H3,(H2,31,38). The molecule has 0 radical (unpaired) electrons. The summed E-state index contributed by atoms with van der Waals surface area (Å²) in [4.78, 5) is 16.4. The lowest BCUT2D eigenvalue weighted by atomic mass is 9.91. The Balaban J connectivity index is 1.56. The van der Waals surface area contributed by atoms with Gasteiger partial charge in [0.05, 0.1) is 35.5 Å². The van der Waals surface area contributed by atoms with Crippen LogP contribution in [0.4, 0.5) is 24.5 Å². The van der Waals surface area contributed by atoms with Crippen molar-refractivity contribution in [1.29, 1.82) is 0 Å². The molecule has 1 amide bonds. The van der Waals surface area contributed by atoms with Gasteiger partial charge in [-0.05, 0) is 48.2 Å². The van der Waals surface area contributed by atoms with Gasteiger partial charge in [-0.25, -0.2) is 9.50 Å². The largest absolute Gasteiger partial charge is 0.417 e. The molecule has 3 aromatic heterocycles. The van der Waals surface area contributed by atoms with Gasteiger partial charge in [-0.3, -0.25) is 9.48 Å². The maximum Gasteiger partial charge on any atom is 0.417 e. The summed E-state index contributed by atoms with van der Waals surface area (Å²) in [6, 6.07) is 9.83. The van der Waals surface area contributed by atoms with E-state index in [0.29, 0.717) is 22.6 Å². The lowest BCUT2D eigenvalue weighted by molar-refractivity contribution is -0.137.